The molecule has 5 nitrogen and oxygen atoms in total. The predicted molar refractivity (Wildman–Crippen MR) is 108 cm³/mol. The van der Waals surface area contributed by atoms with Gasteiger partial charge in [0.2, 0.25) is 11.7 Å². The Morgan fingerprint density at radius 3 is 2.59 bits per heavy atom. The Kier molecular flexibility index (Phi) is 5.81. The van der Waals surface area contributed by atoms with E-state index in [-0.39, 0.29) is 28.9 Å². The van der Waals surface area contributed by atoms with Gasteiger partial charge in [-0.05, 0) is 55.2 Å². The van der Waals surface area contributed by atoms with E-state index in [0.29, 0.717) is 17.1 Å². The minimum atomic E-state index is -0.540. The molecule has 0 unspecified atom stereocenters. The van der Waals surface area contributed by atoms with Gasteiger partial charge in [0.25, 0.3) is 5.56 Å². The minimum absolute atomic E-state index is 0.0248. The van der Waals surface area contributed by atoms with E-state index in [1.54, 1.807) is 38.1 Å². The van der Waals surface area contributed by atoms with Gasteiger partial charge >= 0.3 is 0 Å². The topological polar surface area (TPSA) is 61.2 Å². The standard InChI is InChI=1S/C22H16ClFN2O3/c1-4-19(27)16-8-5-13(2)18(11-16)26-14(3)25-21(20(23)22(26)28)29-12-15-6-9-17(24)10-7-15/h1,5-11H,12H2,2-3H3. The molecule has 0 aliphatic carbocycles. The van der Waals surface area contributed by atoms with Gasteiger partial charge in [-0.2, -0.15) is 4.98 Å². The van der Waals surface area contributed by atoms with Crippen LogP contribution in [0.5, 0.6) is 5.88 Å². The smallest absolute Gasteiger partial charge is 0.280 e. The number of aryl methyl sites for hydroxylation is 2. The third-order valence-electron chi connectivity index (χ3n) is 4.30. The van der Waals surface area contributed by atoms with Crippen LogP contribution in [-0.2, 0) is 6.61 Å². The van der Waals surface area contributed by atoms with Gasteiger partial charge in [0, 0.05) is 5.56 Å². The van der Waals surface area contributed by atoms with Crippen molar-refractivity contribution in [3.05, 3.63) is 86.2 Å². The molecule has 0 bridgehead atoms. The SMILES string of the molecule is C#CC(=O)c1ccc(C)c(-n2c(C)nc(OCc3ccc(F)cc3)c(Cl)c2=O)c1. The average molecular weight is 411 g/mol. The zero-order chi connectivity index (χ0) is 21.1. The number of ketones is 1. The van der Waals surface area contributed by atoms with Crippen molar-refractivity contribution < 1.29 is 13.9 Å². The lowest BCUT2D eigenvalue weighted by molar-refractivity contribution is 0.105. The van der Waals surface area contributed by atoms with E-state index in [2.05, 4.69) is 10.9 Å². The summed E-state index contributed by atoms with van der Waals surface area (Å²) in [5.41, 5.74) is 1.63. The number of rotatable bonds is 5. The Morgan fingerprint density at radius 2 is 1.93 bits per heavy atom. The first-order valence-electron chi connectivity index (χ1n) is 8.60. The number of nitrogens with zero attached hydrogens (tertiary/aromatic N) is 2. The van der Waals surface area contributed by atoms with Gasteiger partial charge in [-0.1, -0.05) is 29.8 Å². The van der Waals surface area contributed by atoms with Crippen molar-refractivity contribution in [1.29, 1.82) is 0 Å². The molecule has 0 N–H and O–H groups in total. The number of carbonyl (C=O) groups excluding carboxylic acids is 1. The summed E-state index contributed by atoms with van der Waals surface area (Å²) in [6.45, 7) is 3.48. The van der Waals surface area contributed by atoms with Gasteiger partial charge in [-0.25, -0.2) is 4.39 Å². The number of terminal acetylenes is 1. The molecule has 3 rings (SSSR count). The van der Waals surface area contributed by atoms with Gasteiger partial charge in [-0.15, -0.1) is 6.42 Å². The van der Waals surface area contributed by atoms with Crippen LogP contribution in [0.2, 0.25) is 5.02 Å². The number of halogens is 2. The molecule has 0 aliphatic rings. The number of ether oxygens (including phenoxy) is 1. The summed E-state index contributed by atoms with van der Waals surface area (Å²) >= 11 is 6.21. The maximum absolute atomic E-state index is 13.0. The summed E-state index contributed by atoms with van der Waals surface area (Å²) in [6.07, 6.45) is 5.19. The molecular weight excluding hydrogens is 395 g/mol. The lowest BCUT2D eigenvalue weighted by Gasteiger charge is -2.15. The first-order valence-corrected chi connectivity index (χ1v) is 8.98. The molecule has 0 amide bonds. The van der Waals surface area contributed by atoms with Gasteiger partial charge in [-0.3, -0.25) is 14.2 Å². The summed E-state index contributed by atoms with van der Waals surface area (Å²) in [5.74, 6) is 1.50. The first kappa shape index (κ1) is 20.3. The van der Waals surface area contributed by atoms with Crippen LogP contribution in [0, 0.1) is 32.0 Å². The zero-order valence-corrected chi connectivity index (χ0v) is 16.5. The van der Waals surface area contributed by atoms with Gasteiger partial charge < -0.3 is 4.74 Å². The Morgan fingerprint density at radius 1 is 1.24 bits per heavy atom. The van der Waals surface area contributed by atoms with E-state index in [1.807, 2.05) is 0 Å². The molecule has 0 saturated carbocycles. The van der Waals surface area contributed by atoms with Crippen molar-refractivity contribution >= 4 is 17.4 Å². The molecule has 2 aromatic carbocycles. The summed E-state index contributed by atoms with van der Waals surface area (Å²) in [5, 5.41) is -0.203. The maximum atomic E-state index is 13.0. The summed E-state index contributed by atoms with van der Waals surface area (Å²) < 4.78 is 19.9. The Hall–Kier alpha value is -3.43. The van der Waals surface area contributed by atoms with Crippen molar-refractivity contribution in [3.8, 4) is 23.9 Å². The highest BCUT2D eigenvalue weighted by Gasteiger charge is 2.18. The highest BCUT2D eigenvalue weighted by atomic mass is 35.5. The highest BCUT2D eigenvalue weighted by molar-refractivity contribution is 6.31. The summed E-state index contributed by atoms with van der Waals surface area (Å²) in [6, 6.07) is 10.6. The molecule has 29 heavy (non-hydrogen) atoms. The van der Waals surface area contributed by atoms with E-state index >= 15 is 0 Å². The Bertz CT molecular complexity index is 1190. The lowest BCUT2D eigenvalue weighted by Crippen LogP contribution is -2.24. The van der Waals surface area contributed by atoms with Crippen LogP contribution in [0.1, 0.15) is 27.3 Å². The number of hydrogen-bond donors (Lipinski definition) is 0. The van der Waals surface area contributed by atoms with Gasteiger partial charge in [0.1, 0.15) is 18.2 Å². The van der Waals surface area contributed by atoms with Crippen molar-refractivity contribution in [2.45, 2.75) is 20.5 Å². The molecule has 0 atom stereocenters. The number of hydrogen-bond acceptors (Lipinski definition) is 4. The lowest BCUT2D eigenvalue weighted by atomic mass is 10.1. The van der Waals surface area contributed by atoms with Gasteiger partial charge in [0.15, 0.2) is 5.02 Å². The largest absolute Gasteiger partial charge is 0.472 e. The number of Topliss-reactive ketones (excluding diaryl/α,β-unsaturated/α-hetero) is 1. The van der Waals surface area contributed by atoms with E-state index in [1.165, 1.54) is 22.8 Å². The summed E-state index contributed by atoms with van der Waals surface area (Å²) in [4.78, 5) is 29.0. The van der Waals surface area contributed by atoms with Crippen LogP contribution in [0.4, 0.5) is 4.39 Å². The predicted octanol–water partition coefficient (Wildman–Crippen LogP) is 4.04. The molecule has 0 radical (unpaired) electrons. The van der Waals surface area contributed by atoms with Crippen molar-refractivity contribution in [1.82, 2.24) is 9.55 Å². The van der Waals surface area contributed by atoms with Crippen LogP contribution < -0.4 is 10.3 Å². The molecule has 0 fully saturated rings. The van der Waals surface area contributed by atoms with E-state index in [9.17, 15) is 14.0 Å². The number of aromatic nitrogens is 2. The fraction of sp³-hybridized carbons (Fsp3) is 0.136. The molecule has 0 saturated heterocycles. The van der Waals surface area contributed by atoms with Crippen LogP contribution >= 0.6 is 11.6 Å². The second-order valence-electron chi connectivity index (χ2n) is 6.31. The van der Waals surface area contributed by atoms with E-state index < -0.39 is 11.3 Å². The maximum Gasteiger partial charge on any atom is 0.280 e. The average Bonchev–Trinajstić information content (AvgIpc) is 2.71. The van der Waals surface area contributed by atoms with E-state index in [0.717, 1.165) is 5.56 Å². The minimum Gasteiger partial charge on any atom is -0.472 e. The monoisotopic (exact) mass is 410 g/mol. The molecular formula is C22H16ClFN2O3. The van der Waals surface area contributed by atoms with Crippen LogP contribution in [0.25, 0.3) is 5.69 Å². The normalized spacial score (nSPS) is 10.4. The van der Waals surface area contributed by atoms with E-state index in [4.69, 9.17) is 22.8 Å². The zero-order valence-electron chi connectivity index (χ0n) is 15.7. The Labute approximate surface area is 171 Å². The second kappa shape index (κ2) is 8.29. The van der Waals surface area contributed by atoms with Crippen LogP contribution in [-0.4, -0.2) is 15.3 Å². The van der Waals surface area contributed by atoms with Gasteiger partial charge in [0.05, 0.1) is 5.69 Å². The highest BCUT2D eigenvalue weighted by Crippen LogP contribution is 2.23. The second-order valence-corrected chi connectivity index (χ2v) is 6.69. The molecule has 0 aliphatic heterocycles. The number of carbonyl (C=O) groups is 1. The molecule has 3 aromatic rings. The molecule has 0 spiro atoms. The quantitative estimate of drug-likeness (QED) is 0.362. The summed E-state index contributed by atoms with van der Waals surface area (Å²) in [7, 11) is 0. The first-order chi connectivity index (χ1) is 13.8. The molecule has 7 heteroatoms. The van der Waals surface area contributed by atoms with Crippen LogP contribution in [0.3, 0.4) is 0 Å². The third-order valence-corrected chi connectivity index (χ3v) is 4.62. The molecule has 1 aromatic heterocycles. The van der Waals surface area contributed by atoms with Crippen molar-refractivity contribution in [2.24, 2.45) is 0 Å². The number of benzene rings is 2. The van der Waals surface area contributed by atoms with Crippen molar-refractivity contribution in [3.63, 3.8) is 0 Å². The van der Waals surface area contributed by atoms with Crippen molar-refractivity contribution in [2.75, 3.05) is 0 Å². The fourth-order valence-electron chi connectivity index (χ4n) is 2.77. The third kappa shape index (κ3) is 4.20. The molecule has 1 heterocycles. The van der Waals surface area contributed by atoms with Crippen LogP contribution in [0.15, 0.2) is 47.3 Å². The fourth-order valence-corrected chi connectivity index (χ4v) is 2.95. The Balaban J connectivity index is 2.00. The molecule has 146 valence electrons.